The van der Waals surface area contributed by atoms with Crippen molar-refractivity contribution >= 4 is 35.8 Å². The van der Waals surface area contributed by atoms with E-state index in [1.807, 2.05) is 6.92 Å². The van der Waals surface area contributed by atoms with Crippen LogP contribution in [0.4, 0.5) is 0 Å². The minimum absolute atomic E-state index is 0. The Morgan fingerprint density at radius 1 is 1.32 bits per heavy atom. The predicted octanol–water partition coefficient (Wildman–Crippen LogP) is 1.88. The molecular formula is C18H36IN5O. The molecule has 1 unspecified atom stereocenters. The van der Waals surface area contributed by atoms with Crippen LogP contribution in [0.25, 0.3) is 0 Å². The third-order valence-corrected chi connectivity index (χ3v) is 4.41. The van der Waals surface area contributed by atoms with Gasteiger partial charge in [0.25, 0.3) is 0 Å². The Morgan fingerprint density at radius 2 is 1.96 bits per heavy atom. The van der Waals surface area contributed by atoms with Crippen molar-refractivity contribution in [2.75, 3.05) is 59.9 Å². The van der Waals surface area contributed by atoms with E-state index in [1.54, 1.807) is 19.0 Å². The Hall–Kier alpha value is -0.830. The lowest BCUT2D eigenvalue weighted by atomic mass is 10.1. The number of guanidine groups is 1. The van der Waals surface area contributed by atoms with Crippen LogP contribution in [-0.2, 0) is 4.79 Å². The van der Waals surface area contributed by atoms with Crippen LogP contribution in [0.2, 0.25) is 0 Å². The molecule has 1 heterocycles. The fourth-order valence-corrected chi connectivity index (χ4v) is 2.80. The minimum atomic E-state index is 0. The van der Waals surface area contributed by atoms with Crippen molar-refractivity contribution in [1.29, 1.82) is 0 Å². The molecule has 25 heavy (non-hydrogen) atoms. The van der Waals surface area contributed by atoms with E-state index >= 15 is 0 Å². The second kappa shape index (κ2) is 12.5. The molecule has 0 aromatic carbocycles. The first kappa shape index (κ1) is 24.2. The molecule has 1 amide bonds. The molecule has 1 saturated heterocycles. The van der Waals surface area contributed by atoms with E-state index in [1.165, 1.54) is 6.42 Å². The minimum Gasteiger partial charge on any atom is -0.353 e. The number of hydrogen-bond donors (Lipinski definition) is 1. The van der Waals surface area contributed by atoms with Crippen LogP contribution in [0.15, 0.2) is 17.1 Å². The van der Waals surface area contributed by atoms with Gasteiger partial charge < -0.3 is 20.0 Å². The third-order valence-electron chi connectivity index (χ3n) is 4.41. The van der Waals surface area contributed by atoms with E-state index in [2.05, 4.69) is 40.5 Å². The maximum absolute atomic E-state index is 11.8. The molecule has 0 aromatic heterocycles. The number of halogens is 1. The second-order valence-corrected chi connectivity index (χ2v) is 6.83. The molecule has 1 aliphatic rings. The van der Waals surface area contributed by atoms with E-state index in [-0.39, 0.29) is 36.4 Å². The summed E-state index contributed by atoms with van der Waals surface area (Å²) >= 11 is 0. The lowest BCUT2D eigenvalue weighted by molar-refractivity contribution is -0.127. The highest BCUT2D eigenvalue weighted by atomic mass is 127. The maximum atomic E-state index is 11.8. The lowest BCUT2D eigenvalue weighted by Gasteiger charge is -2.25. The van der Waals surface area contributed by atoms with E-state index in [0.717, 1.165) is 44.3 Å². The summed E-state index contributed by atoms with van der Waals surface area (Å²) < 4.78 is 0. The van der Waals surface area contributed by atoms with Gasteiger partial charge in [0.05, 0.1) is 0 Å². The number of nitrogens with zero attached hydrogens (tertiary/aromatic N) is 4. The number of amides is 1. The number of likely N-dealkylation sites (N-methyl/N-ethyl adjacent to an activating group) is 1. The Kier molecular flexibility index (Phi) is 12.1. The molecule has 0 aliphatic carbocycles. The topological polar surface area (TPSA) is 51.2 Å². The summed E-state index contributed by atoms with van der Waals surface area (Å²) in [4.78, 5) is 22.7. The van der Waals surface area contributed by atoms with E-state index in [0.29, 0.717) is 12.5 Å². The standard InChI is InChI=1S/C18H35N5O.HI/c1-7-22(8-2)13-16-9-10-23(14-16)18(19-11-15(3)4)20-12-17(24)21(5)6;/h16H,3,7-14H2,1-2,4-6H3,(H,19,20);1H. The van der Waals surface area contributed by atoms with Gasteiger partial charge in [-0.05, 0) is 32.4 Å². The number of hydrogen-bond acceptors (Lipinski definition) is 3. The summed E-state index contributed by atoms with van der Waals surface area (Å²) in [5.41, 5.74) is 1.06. The fourth-order valence-electron chi connectivity index (χ4n) is 2.80. The van der Waals surface area contributed by atoms with Crippen LogP contribution >= 0.6 is 24.0 Å². The number of carbonyl (C=O) groups excluding carboxylic acids is 1. The van der Waals surface area contributed by atoms with Gasteiger partial charge in [-0.15, -0.1) is 24.0 Å². The van der Waals surface area contributed by atoms with Crippen molar-refractivity contribution in [3.63, 3.8) is 0 Å². The second-order valence-electron chi connectivity index (χ2n) is 6.83. The van der Waals surface area contributed by atoms with Crippen molar-refractivity contribution in [2.45, 2.75) is 27.2 Å². The molecule has 146 valence electrons. The van der Waals surface area contributed by atoms with Crippen LogP contribution in [0.1, 0.15) is 27.2 Å². The summed E-state index contributed by atoms with van der Waals surface area (Å²) in [6.45, 7) is 16.5. The number of rotatable bonds is 8. The molecule has 1 fully saturated rings. The fraction of sp³-hybridized carbons (Fsp3) is 0.778. The normalized spacial score (nSPS) is 17.4. The quantitative estimate of drug-likeness (QED) is 0.258. The van der Waals surface area contributed by atoms with E-state index in [9.17, 15) is 4.79 Å². The number of aliphatic imine (C=N–C) groups is 1. The van der Waals surface area contributed by atoms with Gasteiger partial charge in [0.1, 0.15) is 6.54 Å². The first-order valence-corrected chi connectivity index (χ1v) is 8.97. The molecule has 0 spiro atoms. The zero-order valence-electron chi connectivity index (χ0n) is 16.5. The van der Waals surface area contributed by atoms with E-state index in [4.69, 9.17) is 0 Å². The summed E-state index contributed by atoms with van der Waals surface area (Å²) in [5.74, 6) is 1.50. The van der Waals surface area contributed by atoms with E-state index < -0.39 is 0 Å². The van der Waals surface area contributed by atoms with Crippen molar-refractivity contribution in [2.24, 2.45) is 10.9 Å². The highest BCUT2D eigenvalue weighted by molar-refractivity contribution is 14.0. The molecule has 0 bridgehead atoms. The van der Waals surface area contributed by atoms with Gasteiger partial charge in [0, 0.05) is 40.3 Å². The van der Waals surface area contributed by atoms with Crippen LogP contribution in [0.3, 0.4) is 0 Å². The summed E-state index contributed by atoms with van der Waals surface area (Å²) in [5, 5.41) is 3.35. The van der Waals surface area contributed by atoms with Gasteiger partial charge >= 0.3 is 0 Å². The average Bonchev–Trinajstić information content (AvgIpc) is 3.00. The van der Waals surface area contributed by atoms with Crippen molar-refractivity contribution in [3.05, 3.63) is 12.2 Å². The van der Waals surface area contributed by atoms with Crippen LogP contribution in [0.5, 0.6) is 0 Å². The summed E-state index contributed by atoms with van der Waals surface area (Å²) in [6.07, 6.45) is 1.17. The van der Waals surface area contributed by atoms with Crippen LogP contribution in [0, 0.1) is 5.92 Å². The van der Waals surface area contributed by atoms with Crippen molar-refractivity contribution in [3.8, 4) is 0 Å². The van der Waals surface area contributed by atoms with Crippen molar-refractivity contribution in [1.82, 2.24) is 20.0 Å². The molecule has 1 rings (SSSR count). The zero-order valence-corrected chi connectivity index (χ0v) is 18.9. The molecular weight excluding hydrogens is 429 g/mol. The monoisotopic (exact) mass is 465 g/mol. The number of likely N-dealkylation sites (tertiary alicyclic amines) is 1. The average molecular weight is 465 g/mol. The Balaban J connectivity index is 0.00000576. The van der Waals surface area contributed by atoms with Gasteiger partial charge in [-0.1, -0.05) is 26.0 Å². The molecule has 0 saturated carbocycles. The molecule has 1 aliphatic heterocycles. The SMILES string of the molecule is C=C(C)CNC(=NCC(=O)N(C)C)N1CCC(CN(CC)CC)C1.I. The smallest absolute Gasteiger partial charge is 0.243 e. The first-order chi connectivity index (χ1) is 11.4. The van der Waals surface area contributed by atoms with Crippen molar-refractivity contribution < 1.29 is 4.79 Å². The zero-order chi connectivity index (χ0) is 18.1. The maximum Gasteiger partial charge on any atom is 0.243 e. The molecule has 1 atom stereocenters. The largest absolute Gasteiger partial charge is 0.353 e. The Labute approximate surface area is 170 Å². The highest BCUT2D eigenvalue weighted by Crippen LogP contribution is 2.17. The Bertz CT molecular complexity index is 449. The third kappa shape index (κ3) is 8.89. The van der Waals surface area contributed by atoms with Crippen LogP contribution < -0.4 is 5.32 Å². The lowest BCUT2D eigenvalue weighted by Crippen LogP contribution is -2.42. The van der Waals surface area contributed by atoms with Gasteiger partial charge in [0.2, 0.25) is 5.91 Å². The van der Waals surface area contributed by atoms with Gasteiger partial charge in [-0.25, -0.2) is 4.99 Å². The van der Waals surface area contributed by atoms with Gasteiger partial charge in [-0.3, -0.25) is 4.79 Å². The first-order valence-electron chi connectivity index (χ1n) is 8.97. The van der Waals surface area contributed by atoms with Crippen LogP contribution in [-0.4, -0.2) is 86.5 Å². The molecule has 0 aromatic rings. The molecule has 6 nitrogen and oxygen atoms in total. The van der Waals surface area contributed by atoms with Gasteiger partial charge in [0.15, 0.2) is 5.96 Å². The van der Waals surface area contributed by atoms with Gasteiger partial charge in [-0.2, -0.15) is 0 Å². The number of nitrogens with one attached hydrogen (secondary N) is 1. The molecule has 0 radical (unpaired) electrons. The number of carbonyl (C=O) groups is 1. The molecule has 1 N–H and O–H groups in total. The molecule has 7 heteroatoms. The highest BCUT2D eigenvalue weighted by Gasteiger charge is 2.26. The summed E-state index contributed by atoms with van der Waals surface area (Å²) in [7, 11) is 3.52. The predicted molar refractivity (Wildman–Crippen MR) is 117 cm³/mol. The summed E-state index contributed by atoms with van der Waals surface area (Å²) in [6, 6.07) is 0. The Morgan fingerprint density at radius 3 is 2.48 bits per heavy atom.